The molecule has 0 radical (unpaired) electrons. The number of pyridine rings is 1. The lowest BCUT2D eigenvalue weighted by Crippen LogP contribution is -2.38. The molecular weight excluding hydrogens is 350 g/mol. The Morgan fingerprint density at radius 1 is 1.11 bits per heavy atom. The van der Waals surface area contributed by atoms with Crippen LogP contribution in [0, 0.1) is 11.3 Å². The van der Waals surface area contributed by atoms with E-state index in [0.29, 0.717) is 12.3 Å². The molecule has 2 aliphatic heterocycles. The fourth-order valence-corrected chi connectivity index (χ4v) is 4.98. The van der Waals surface area contributed by atoms with Gasteiger partial charge in [0.15, 0.2) is 0 Å². The zero-order valence-corrected chi connectivity index (χ0v) is 16.3. The molecular formula is C23H29N3O2. The van der Waals surface area contributed by atoms with Gasteiger partial charge in [-0.15, -0.1) is 0 Å². The second-order valence-electron chi connectivity index (χ2n) is 8.32. The topological polar surface area (TPSA) is 56.7 Å². The van der Waals surface area contributed by atoms with Crippen LogP contribution in [-0.2, 0) is 17.6 Å². The molecule has 4 rings (SSSR count). The highest BCUT2D eigenvalue weighted by Gasteiger charge is 2.52. The number of amides is 1. The van der Waals surface area contributed by atoms with Gasteiger partial charge in [0, 0.05) is 50.5 Å². The fourth-order valence-electron chi connectivity index (χ4n) is 4.98. The van der Waals surface area contributed by atoms with Crippen LogP contribution in [0.1, 0.15) is 17.5 Å². The Hall–Kier alpha value is -2.24. The first-order valence-corrected chi connectivity index (χ1v) is 10.2. The number of aromatic nitrogens is 1. The summed E-state index contributed by atoms with van der Waals surface area (Å²) in [6, 6.07) is 14.5. The number of hydrogen-bond donors (Lipinski definition) is 1. The van der Waals surface area contributed by atoms with Crippen molar-refractivity contribution in [3.8, 4) is 0 Å². The Kier molecular flexibility index (Phi) is 5.74. The lowest BCUT2D eigenvalue weighted by atomic mass is 9.76. The number of nitrogens with zero attached hydrogens (tertiary/aromatic N) is 3. The Balaban J connectivity index is 1.45. The smallest absolute Gasteiger partial charge is 0.227 e. The maximum Gasteiger partial charge on any atom is 0.227 e. The first-order chi connectivity index (χ1) is 13.7. The lowest BCUT2D eigenvalue weighted by molar-refractivity contribution is -0.130. The van der Waals surface area contributed by atoms with E-state index < -0.39 is 0 Å². The van der Waals surface area contributed by atoms with Gasteiger partial charge >= 0.3 is 0 Å². The number of likely N-dealkylation sites (tertiary alicyclic amines) is 2. The van der Waals surface area contributed by atoms with Crippen LogP contribution in [0.3, 0.4) is 0 Å². The van der Waals surface area contributed by atoms with Crippen LogP contribution in [0.5, 0.6) is 0 Å². The standard InChI is InChI=1S/C23H29N3O2/c27-12-11-25-15-21-16-26(22(28)13-20-7-4-10-24-14-20)18-23(21,17-25)9-8-19-5-2-1-3-6-19/h1-7,10,14,21,27H,8-9,11-13,15-18H2. The van der Waals surface area contributed by atoms with Crippen LogP contribution >= 0.6 is 0 Å². The van der Waals surface area contributed by atoms with Crippen LogP contribution in [0.15, 0.2) is 54.9 Å². The van der Waals surface area contributed by atoms with Gasteiger partial charge in [0.05, 0.1) is 13.0 Å². The van der Waals surface area contributed by atoms with Gasteiger partial charge < -0.3 is 14.9 Å². The summed E-state index contributed by atoms with van der Waals surface area (Å²) in [6.45, 7) is 4.54. The van der Waals surface area contributed by atoms with Crippen LogP contribution in [0.2, 0.25) is 0 Å². The van der Waals surface area contributed by atoms with Gasteiger partial charge in [-0.2, -0.15) is 0 Å². The molecule has 0 aliphatic carbocycles. The normalized spacial score (nSPS) is 24.5. The number of carbonyl (C=O) groups excluding carboxylic acids is 1. The summed E-state index contributed by atoms with van der Waals surface area (Å²) in [5.74, 6) is 0.691. The average Bonchev–Trinajstić information content (AvgIpc) is 3.22. The summed E-state index contributed by atoms with van der Waals surface area (Å²) in [5.41, 5.74) is 2.47. The molecule has 148 valence electrons. The summed E-state index contributed by atoms with van der Waals surface area (Å²) in [4.78, 5) is 21.5. The summed E-state index contributed by atoms with van der Waals surface area (Å²) in [6.07, 6.45) is 6.07. The quantitative estimate of drug-likeness (QED) is 0.800. The number of hydrogen-bond acceptors (Lipinski definition) is 4. The van der Waals surface area contributed by atoms with E-state index in [0.717, 1.165) is 51.1 Å². The molecule has 5 nitrogen and oxygen atoms in total. The van der Waals surface area contributed by atoms with E-state index in [1.54, 1.807) is 12.4 Å². The van der Waals surface area contributed by atoms with Gasteiger partial charge in [-0.05, 0) is 36.0 Å². The van der Waals surface area contributed by atoms with E-state index in [-0.39, 0.29) is 17.9 Å². The monoisotopic (exact) mass is 379 g/mol. The second kappa shape index (κ2) is 8.41. The highest BCUT2D eigenvalue weighted by molar-refractivity contribution is 5.79. The van der Waals surface area contributed by atoms with Crippen LogP contribution in [0.25, 0.3) is 0 Å². The molecule has 2 aromatic rings. The third kappa shape index (κ3) is 4.10. The first-order valence-electron chi connectivity index (χ1n) is 10.2. The number of aliphatic hydroxyl groups excluding tert-OH is 1. The van der Waals surface area contributed by atoms with Crippen LogP contribution in [0.4, 0.5) is 0 Å². The first kappa shape index (κ1) is 19.1. The summed E-state index contributed by atoms with van der Waals surface area (Å²) < 4.78 is 0. The van der Waals surface area contributed by atoms with Gasteiger partial charge in [-0.25, -0.2) is 0 Å². The highest BCUT2D eigenvalue weighted by atomic mass is 16.3. The molecule has 1 aromatic carbocycles. The molecule has 28 heavy (non-hydrogen) atoms. The fraction of sp³-hybridized carbons (Fsp3) is 0.478. The second-order valence-corrected chi connectivity index (χ2v) is 8.32. The highest BCUT2D eigenvalue weighted by Crippen LogP contribution is 2.45. The zero-order chi connectivity index (χ0) is 19.4. The van der Waals surface area contributed by atoms with Crippen molar-refractivity contribution in [1.29, 1.82) is 0 Å². The Labute approximate surface area is 167 Å². The van der Waals surface area contributed by atoms with E-state index in [9.17, 15) is 9.90 Å². The SMILES string of the molecule is O=C(Cc1cccnc1)N1CC2CN(CCO)CC2(CCc2ccccc2)C1. The van der Waals surface area contributed by atoms with Gasteiger partial charge in [0.2, 0.25) is 5.91 Å². The molecule has 5 heteroatoms. The molecule has 2 unspecified atom stereocenters. The summed E-state index contributed by atoms with van der Waals surface area (Å²) in [5, 5.41) is 9.37. The number of aryl methyl sites for hydroxylation is 1. The van der Waals surface area contributed by atoms with Crippen molar-refractivity contribution >= 4 is 5.91 Å². The number of β-amino-alcohol motifs (C(OH)–C–C–N with tert-alkyl or cyclic N) is 1. The molecule has 0 saturated carbocycles. The van der Waals surface area contributed by atoms with Gasteiger partial charge in [-0.1, -0.05) is 36.4 Å². The van der Waals surface area contributed by atoms with E-state index >= 15 is 0 Å². The van der Waals surface area contributed by atoms with Crippen molar-refractivity contribution in [2.24, 2.45) is 11.3 Å². The number of rotatable bonds is 7. The third-order valence-corrected chi connectivity index (χ3v) is 6.43. The lowest BCUT2D eigenvalue weighted by Gasteiger charge is -2.29. The van der Waals surface area contributed by atoms with E-state index in [2.05, 4.69) is 45.1 Å². The Bertz CT molecular complexity index is 783. The molecule has 2 saturated heterocycles. The molecule has 3 heterocycles. The zero-order valence-electron chi connectivity index (χ0n) is 16.3. The maximum absolute atomic E-state index is 12.9. The Morgan fingerprint density at radius 2 is 1.93 bits per heavy atom. The average molecular weight is 380 g/mol. The summed E-state index contributed by atoms with van der Waals surface area (Å²) in [7, 11) is 0. The van der Waals surface area contributed by atoms with Crippen molar-refractivity contribution in [2.45, 2.75) is 19.3 Å². The number of fused-ring (bicyclic) bond motifs is 1. The molecule has 2 atom stereocenters. The molecule has 1 amide bonds. The molecule has 1 N–H and O–H groups in total. The van der Waals surface area contributed by atoms with Crippen LogP contribution < -0.4 is 0 Å². The molecule has 2 aliphatic rings. The molecule has 0 spiro atoms. The van der Waals surface area contributed by atoms with Gasteiger partial charge in [-0.3, -0.25) is 9.78 Å². The molecule has 1 aromatic heterocycles. The number of benzene rings is 1. The van der Waals surface area contributed by atoms with E-state index in [1.165, 1.54) is 5.56 Å². The predicted molar refractivity (Wildman–Crippen MR) is 109 cm³/mol. The third-order valence-electron chi connectivity index (χ3n) is 6.43. The van der Waals surface area contributed by atoms with Crippen LogP contribution in [-0.4, -0.2) is 65.1 Å². The number of carbonyl (C=O) groups is 1. The van der Waals surface area contributed by atoms with Gasteiger partial charge in [0.1, 0.15) is 0 Å². The molecule has 2 fully saturated rings. The van der Waals surface area contributed by atoms with Crippen molar-refractivity contribution in [1.82, 2.24) is 14.8 Å². The largest absolute Gasteiger partial charge is 0.395 e. The predicted octanol–water partition coefficient (Wildman–Crippen LogP) is 2.01. The Morgan fingerprint density at radius 3 is 2.68 bits per heavy atom. The van der Waals surface area contributed by atoms with E-state index in [1.807, 2.05) is 12.1 Å². The number of aliphatic hydroxyl groups is 1. The minimum absolute atomic E-state index is 0.135. The minimum atomic E-state index is 0.135. The maximum atomic E-state index is 12.9. The van der Waals surface area contributed by atoms with Gasteiger partial charge in [0.25, 0.3) is 0 Å². The van der Waals surface area contributed by atoms with E-state index in [4.69, 9.17) is 0 Å². The minimum Gasteiger partial charge on any atom is -0.395 e. The molecule has 0 bridgehead atoms. The summed E-state index contributed by atoms with van der Waals surface area (Å²) >= 11 is 0. The van der Waals surface area contributed by atoms with Crippen molar-refractivity contribution in [3.05, 3.63) is 66.0 Å². The van der Waals surface area contributed by atoms with Crippen molar-refractivity contribution in [3.63, 3.8) is 0 Å². The van der Waals surface area contributed by atoms with Crippen molar-refractivity contribution in [2.75, 3.05) is 39.3 Å². The van der Waals surface area contributed by atoms with Crippen molar-refractivity contribution < 1.29 is 9.90 Å².